The van der Waals surface area contributed by atoms with Gasteiger partial charge in [-0.3, -0.25) is 0 Å². The summed E-state index contributed by atoms with van der Waals surface area (Å²) in [7, 11) is 0. The zero-order valence-corrected chi connectivity index (χ0v) is 8.31. The number of nitrogens with one attached hydrogen (secondary N) is 1. The van der Waals surface area contributed by atoms with E-state index < -0.39 is 0 Å². The number of benzene rings is 1. The predicted octanol–water partition coefficient (Wildman–Crippen LogP) is 1.97. The smallest absolute Gasteiger partial charge is 0.231 e. The molecule has 2 aromatic rings. The first-order valence-corrected chi connectivity index (χ1v) is 4.53. The Morgan fingerprint density at radius 2 is 2.00 bits per heavy atom. The van der Waals surface area contributed by atoms with Gasteiger partial charge in [0.2, 0.25) is 11.2 Å². The van der Waals surface area contributed by atoms with E-state index in [1.54, 1.807) is 24.3 Å². The van der Waals surface area contributed by atoms with Gasteiger partial charge in [0.1, 0.15) is 12.1 Å². The van der Waals surface area contributed by atoms with Crippen LogP contribution < -0.4 is 5.32 Å². The third kappa shape index (κ3) is 2.32. The number of rotatable bonds is 2. The van der Waals surface area contributed by atoms with Gasteiger partial charge in [-0.1, -0.05) is 12.1 Å². The molecule has 0 bridgehead atoms. The Bertz CT molecular complexity index is 477. The molecule has 5 nitrogen and oxygen atoms in total. The van der Waals surface area contributed by atoms with Gasteiger partial charge in [-0.2, -0.15) is 4.98 Å². The largest absolute Gasteiger partial charge is 0.506 e. The summed E-state index contributed by atoms with van der Waals surface area (Å²) >= 11 is 5.59. The van der Waals surface area contributed by atoms with Crippen molar-refractivity contribution in [2.75, 3.05) is 5.32 Å². The molecule has 0 unspecified atom stereocenters. The van der Waals surface area contributed by atoms with Crippen LogP contribution in [0.5, 0.6) is 5.75 Å². The molecule has 0 aliphatic carbocycles. The van der Waals surface area contributed by atoms with Crippen molar-refractivity contribution in [1.29, 1.82) is 0 Å². The zero-order valence-electron chi connectivity index (χ0n) is 7.55. The van der Waals surface area contributed by atoms with E-state index in [2.05, 4.69) is 20.3 Å². The summed E-state index contributed by atoms with van der Waals surface area (Å²) in [6.45, 7) is 0. The van der Waals surface area contributed by atoms with Crippen LogP contribution in [0.15, 0.2) is 30.6 Å². The summed E-state index contributed by atoms with van der Waals surface area (Å²) in [6.07, 6.45) is 1.29. The second kappa shape index (κ2) is 4.10. The number of hydrogen-bond acceptors (Lipinski definition) is 5. The summed E-state index contributed by atoms with van der Waals surface area (Å²) in [4.78, 5) is 11.3. The van der Waals surface area contributed by atoms with E-state index in [0.29, 0.717) is 5.69 Å². The van der Waals surface area contributed by atoms with Crippen LogP contribution in [0.25, 0.3) is 0 Å². The van der Waals surface area contributed by atoms with Crippen LogP contribution in [0.3, 0.4) is 0 Å². The lowest BCUT2D eigenvalue weighted by atomic mass is 10.3. The molecule has 0 spiro atoms. The minimum atomic E-state index is 0.0999. The van der Waals surface area contributed by atoms with Gasteiger partial charge in [-0.05, 0) is 23.7 Å². The van der Waals surface area contributed by atoms with Crippen molar-refractivity contribution in [2.24, 2.45) is 0 Å². The molecule has 1 aromatic carbocycles. The first-order valence-electron chi connectivity index (χ1n) is 4.15. The number of anilines is 2. The third-order valence-electron chi connectivity index (χ3n) is 1.69. The first-order chi connectivity index (χ1) is 7.25. The summed E-state index contributed by atoms with van der Waals surface area (Å²) < 4.78 is 0. The Morgan fingerprint density at radius 1 is 1.20 bits per heavy atom. The van der Waals surface area contributed by atoms with Crippen LogP contribution in [-0.4, -0.2) is 20.1 Å². The maximum Gasteiger partial charge on any atom is 0.231 e. The van der Waals surface area contributed by atoms with Gasteiger partial charge < -0.3 is 10.4 Å². The summed E-state index contributed by atoms with van der Waals surface area (Å²) in [5, 5.41) is 12.4. The van der Waals surface area contributed by atoms with Gasteiger partial charge in [-0.25, -0.2) is 9.97 Å². The highest BCUT2D eigenvalue weighted by Crippen LogP contribution is 2.23. The van der Waals surface area contributed by atoms with Gasteiger partial charge in [-0.15, -0.1) is 0 Å². The van der Waals surface area contributed by atoms with E-state index >= 15 is 0 Å². The Hall–Kier alpha value is -1.88. The molecule has 0 saturated carbocycles. The quantitative estimate of drug-likeness (QED) is 0.761. The molecule has 0 atom stereocenters. The van der Waals surface area contributed by atoms with Crippen LogP contribution in [0, 0.1) is 0 Å². The Morgan fingerprint density at radius 3 is 2.73 bits per heavy atom. The van der Waals surface area contributed by atoms with Crippen molar-refractivity contribution in [3.05, 3.63) is 35.9 Å². The second-order valence-electron chi connectivity index (χ2n) is 2.72. The SMILES string of the molecule is Oc1ccccc1Nc1ncnc(Cl)n1. The van der Waals surface area contributed by atoms with Crippen molar-refractivity contribution in [3.8, 4) is 5.75 Å². The van der Waals surface area contributed by atoms with Crippen molar-refractivity contribution in [3.63, 3.8) is 0 Å². The average Bonchev–Trinajstić information content (AvgIpc) is 2.22. The lowest BCUT2D eigenvalue weighted by molar-refractivity contribution is 0.477. The van der Waals surface area contributed by atoms with E-state index in [1.807, 2.05) is 0 Å². The molecule has 0 aliphatic rings. The van der Waals surface area contributed by atoms with Crippen molar-refractivity contribution in [1.82, 2.24) is 15.0 Å². The minimum Gasteiger partial charge on any atom is -0.506 e. The minimum absolute atomic E-state index is 0.0999. The summed E-state index contributed by atoms with van der Waals surface area (Å²) in [6, 6.07) is 6.77. The van der Waals surface area contributed by atoms with Crippen molar-refractivity contribution >= 4 is 23.2 Å². The number of phenolic OH excluding ortho intramolecular Hbond substituents is 1. The molecule has 1 aromatic heterocycles. The molecular formula is C9H7ClN4O. The van der Waals surface area contributed by atoms with E-state index in [1.165, 1.54) is 6.33 Å². The van der Waals surface area contributed by atoms with Crippen LogP contribution in [0.2, 0.25) is 5.28 Å². The van der Waals surface area contributed by atoms with E-state index in [9.17, 15) is 5.11 Å². The van der Waals surface area contributed by atoms with E-state index in [-0.39, 0.29) is 17.0 Å². The zero-order chi connectivity index (χ0) is 10.7. The van der Waals surface area contributed by atoms with Crippen LogP contribution >= 0.6 is 11.6 Å². The lowest BCUT2D eigenvalue weighted by Gasteiger charge is -2.05. The number of nitrogens with zero attached hydrogens (tertiary/aromatic N) is 3. The molecule has 1 heterocycles. The predicted molar refractivity (Wildman–Crippen MR) is 56.2 cm³/mol. The molecule has 6 heteroatoms. The maximum absolute atomic E-state index is 9.47. The molecule has 15 heavy (non-hydrogen) atoms. The molecule has 76 valence electrons. The number of halogens is 1. The van der Waals surface area contributed by atoms with Crippen molar-refractivity contribution < 1.29 is 5.11 Å². The molecule has 0 saturated heterocycles. The number of hydrogen-bond donors (Lipinski definition) is 2. The molecule has 0 amide bonds. The molecule has 2 rings (SSSR count). The molecule has 0 aliphatic heterocycles. The molecule has 0 radical (unpaired) electrons. The van der Waals surface area contributed by atoms with Crippen molar-refractivity contribution in [2.45, 2.75) is 0 Å². The van der Waals surface area contributed by atoms with Gasteiger partial charge in [0.25, 0.3) is 0 Å². The number of para-hydroxylation sites is 2. The fourth-order valence-corrected chi connectivity index (χ4v) is 1.16. The molecule has 2 N–H and O–H groups in total. The maximum atomic E-state index is 9.47. The summed E-state index contributed by atoms with van der Waals surface area (Å²) in [5.41, 5.74) is 0.514. The number of phenols is 1. The first kappa shape index (κ1) is 9.67. The van der Waals surface area contributed by atoms with E-state index in [0.717, 1.165) is 0 Å². The third-order valence-corrected chi connectivity index (χ3v) is 1.88. The number of aromatic hydroxyl groups is 1. The normalized spacial score (nSPS) is 9.93. The fourth-order valence-electron chi connectivity index (χ4n) is 1.04. The number of aromatic nitrogens is 3. The van der Waals surface area contributed by atoms with Crippen LogP contribution in [0.4, 0.5) is 11.6 Å². The lowest BCUT2D eigenvalue weighted by Crippen LogP contribution is -1.97. The Balaban J connectivity index is 2.26. The Labute approximate surface area is 90.8 Å². The van der Waals surface area contributed by atoms with E-state index in [4.69, 9.17) is 11.6 Å². The van der Waals surface area contributed by atoms with Gasteiger partial charge in [0.15, 0.2) is 0 Å². The van der Waals surface area contributed by atoms with Gasteiger partial charge in [0.05, 0.1) is 5.69 Å². The van der Waals surface area contributed by atoms with Crippen LogP contribution in [-0.2, 0) is 0 Å². The standard InChI is InChI=1S/C9H7ClN4O/c10-8-11-5-12-9(14-8)13-6-3-1-2-4-7(6)15/h1-5,15H,(H,11,12,13,14). The summed E-state index contributed by atoms with van der Waals surface area (Å²) in [5.74, 6) is 0.408. The van der Waals surface area contributed by atoms with Gasteiger partial charge >= 0.3 is 0 Å². The topological polar surface area (TPSA) is 70.9 Å². The highest BCUT2D eigenvalue weighted by Gasteiger charge is 2.02. The highest BCUT2D eigenvalue weighted by atomic mass is 35.5. The molecule has 0 fully saturated rings. The monoisotopic (exact) mass is 222 g/mol. The Kier molecular flexibility index (Phi) is 2.64. The fraction of sp³-hybridized carbons (Fsp3) is 0. The highest BCUT2D eigenvalue weighted by molar-refractivity contribution is 6.28. The average molecular weight is 223 g/mol. The van der Waals surface area contributed by atoms with Gasteiger partial charge in [0, 0.05) is 0 Å². The molecular weight excluding hydrogens is 216 g/mol. The second-order valence-corrected chi connectivity index (χ2v) is 3.06. The van der Waals surface area contributed by atoms with Crippen LogP contribution in [0.1, 0.15) is 0 Å².